The highest BCUT2D eigenvalue weighted by Crippen LogP contribution is 2.16. The lowest BCUT2D eigenvalue weighted by molar-refractivity contribution is -0.125. The van der Waals surface area contributed by atoms with Crippen LogP contribution in [0, 0.1) is 5.82 Å². The molecule has 0 spiro atoms. The number of benzene rings is 1. The van der Waals surface area contributed by atoms with Crippen LogP contribution in [-0.2, 0) is 9.53 Å². The summed E-state index contributed by atoms with van der Waals surface area (Å²) in [7, 11) is 1.29. The fourth-order valence-corrected chi connectivity index (χ4v) is 1.28. The van der Waals surface area contributed by atoms with Gasteiger partial charge in [-0.05, 0) is 18.2 Å². The summed E-state index contributed by atoms with van der Waals surface area (Å²) in [4.78, 5) is 22.3. The molecule has 7 heteroatoms. The van der Waals surface area contributed by atoms with E-state index in [1.165, 1.54) is 7.11 Å². The third-order valence-corrected chi connectivity index (χ3v) is 2.26. The normalized spacial score (nSPS) is 11.9. The maximum Gasteiger partial charge on any atom is 0.335 e. The molecule has 1 atom stereocenters. The van der Waals surface area contributed by atoms with E-state index in [1.54, 1.807) is 0 Å². The maximum atomic E-state index is 13.4. The summed E-state index contributed by atoms with van der Waals surface area (Å²) in [5.74, 6) is -2.59. The second-order valence-corrected chi connectivity index (χ2v) is 3.45. The van der Waals surface area contributed by atoms with E-state index in [9.17, 15) is 14.0 Å². The number of carbonyl (C=O) groups is 2. The number of halogens is 1. The van der Waals surface area contributed by atoms with E-state index in [1.807, 2.05) is 0 Å². The van der Waals surface area contributed by atoms with E-state index in [2.05, 4.69) is 5.32 Å². The number of carbonyl (C=O) groups excluding carboxylic acids is 1. The standard InChI is InChI=1S/C11H13FN2O4/c1-18-9(5-13)10(15)14-8-4-6(11(16)17)2-3-7(8)12/h2-4,9H,5,13H2,1H3,(H,14,15)(H,16,17). The van der Waals surface area contributed by atoms with Crippen LogP contribution in [0.25, 0.3) is 0 Å². The fourth-order valence-electron chi connectivity index (χ4n) is 1.28. The Bertz CT molecular complexity index is 460. The van der Waals surface area contributed by atoms with Gasteiger partial charge in [0, 0.05) is 13.7 Å². The number of aromatic carboxylic acids is 1. The zero-order valence-electron chi connectivity index (χ0n) is 9.64. The number of amides is 1. The molecule has 0 radical (unpaired) electrons. The van der Waals surface area contributed by atoms with E-state index in [0.717, 1.165) is 18.2 Å². The first kappa shape index (κ1) is 14.1. The Hall–Kier alpha value is -1.99. The molecule has 0 heterocycles. The molecule has 0 saturated carbocycles. The molecule has 0 aromatic heterocycles. The maximum absolute atomic E-state index is 13.4. The molecular weight excluding hydrogens is 243 g/mol. The smallest absolute Gasteiger partial charge is 0.335 e. The molecule has 6 nitrogen and oxygen atoms in total. The minimum atomic E-state index is -1.22. The lowest BCUT2D eigenvalue weighted by Crippen LogP contribution is -2.36. The van der Waals surface area contributed by atoms with Crippen LogP contribution in [0.5, 0.6) is 0 Å². The van der Waals surface area contributed by atoms with Crippen LogP contribution in [0.4, 0.5) is 10.1 Å². The zero-order chi connectivity index (χ0) is 13.7. The Kier molecular flexibility index (Phi) is 4.75. The van der Waals surface area contributed by atoms with Crippen LogP contribution in [0.3, 0.4) is 0 Å². The van der Waals surface area contributed by atoms with Gasteiger partial charge in [0.15, 0.2) is 0 Å². The van der Waals surface area contributed by atoms with Crippen molar-refractivity contribution < 1.29 is 23.8 Å². The highest BCUT2D eigenvalue weighted by atomic mass is 19.1. The molecule has 0 aliphatic carbocycles. The second kappa shape index (κ2) is 6.08. The van der Waals surface area contributed by atoms with Crippen LogP contribution in [-0.4, -0.2) is 36.7 Å². The number of carboxylic acid groups (broad SMARTS) is 1. The van der Waals surface area contributed by atoms with E-state index >= 15 is 0 Å². The van der Waals surface area contributed by atoms with Gasteiger partial charge in [-0.2, -0.15) is 0 Å². The third-order valence-electron chi connectivity index (χ3n) is 2.26. The van der Waals surface area contributed by atoms with Crippen molar-refractivity contribution in [3.8, 4) is 0 Å². The van der Waals surface area contributed by atoms with Crippen molar-refractivity contribution in [3.63, 3.8) is 0 Å². The molecule has 0 bridgehead atoms. The van der Waals surface area contributed by atoms with Gasteiger partial charge in [0.2, 0.25) is 0 Å². The molecule has 1 unspecified atom stereocenters. The number of nitrogens with two attached hydrogens (primary N) is 1. The molecule has 0 fully saturated rings. The van der Waals surface area contributed by atoms with Crippen molar-refractivity contribution in [2.45, 2.75) is 6.10 Å². The molecule has 0 aliphatic rings. The van der Waals surface area contributed by atoms with Gasteiger partial charge in [0.1, 0.15) is 11.9 Å². The molecule has 1 aromatic rings. The Morgan fingerprint density at radius 3 is 2.72 bits per heavy atom. The third kappa shape index (κ3) is 3.25. The first-order valence-electron chi connectivity index (χ1n) is 5.06. The number of methoxy groups -OCH3 is 1. The number of carboxylic acids is 1. The molecule has 1 rings (SSSR count). The number of ether oxygens (including phenoxy) is 1. The summed E-state index contributed by atoms with van der Waals surface area (Å²) < 4.78 is 18.2. The summed E-state index contributed by atoms with van der Waals surface area (Å²) in [6, 6.07) is 3.09. The Labute approximate surface area is 103 Å². The van der Waals surface area contributed by atoms with Crippen LogP contribution < -0.4 is 11.1 Å². The SMILES string of the molecule is COC(CN)C(=O)Nc1cc(C(=O)O)ccc1F. The number of anilines is 1. The minimum Gasteiger partial charge on any atom is -0.478 e. The predicted molar refractivity (Wildman–Crippen MR) is 61.8 cm³/mol. The van der Waals surface area contributed by atoms with Crippen LogP contribution in [0.15, 0.2) is 18.2 Å². The van der Waals surface area contributed by atoms with Gasteiger partial charge in [-0.1, -0.05) is 0 Å². The van der Waals surface area contributed by atoms with Crippen molar-refractivity contribution in [2.75, 3.05) is 19.0 Å². The molecule has 0 aliphatic heterocycles. The highest BCUT2D eigenvalue weighted by Gasteiger charge is 2.18. The number of hydrogen-bond donors (Lipinski definition) is 3. The fraction of sp³-hybridized carbons (Fsp3) is 0.273. The van der Waals surface area contributed by atoms with Crippen molar-refractivity contribution in [3.05, 3.63) is 29.6 Å². The van der Waals surface area contributed by atoms with Gasteiger partial charge in [0.05, 0.1) is 11.3 Å². The average molecular weight is 256 g/mol. The monoisotopic (exact) mass is 256 g/mol. The number of rotatable bonds is 5. The zero-order valence-corrected chi connectivity index (χ0v) is 9.64. The summed E-state index contributed by atoms with van der Waals surface area (Å²) in [5, 5.41) is 11.0. The largest absolute Gasteiger partial charge is 0.478 e. The molecule has 0 saturated heterocycles. The molecule has 98 valence electrons. The lowest BCUT2D eigenvalue weighted by atomic mass is 10.2. The van der Waals surface area contributed by atoms with Crippen molar-refractivity contribution in [1.82, 2.24) is 0 Å². The van der Waals surface area contributed by atoms with Crippen LogP contribution in [0.2, 0.25) is 0 Å². The summed E-state index contributed by atoms with van der Waals surface area (Å²) in [6.45, 7) is -0.0669. The Balaban J connectivity index is 2.93. The van der Waals surface area contributed by atoms with Gasteiger partial charge in [-0.3, -0.25) is 4.79 Å². The molecule has 1 aromatic carbocycles. The molecule has 18 heavy (non-hydrogen) atoms. The topological polar surface area (TPSA) is 102 Å². The number of nitrogens with one attached hydrogen (secondary N) is 1. The Morgan fingerprint density at radius 1 is 1.56 bits per heavy atom. The van der Waals surface area contributed by atoms with E-state index in [4.69, 9.17) is 15.6 Å². The van der Waals surface area contributed by atoms with Crippen molar-refractivity contribution in [2.24, 2.45) is 5.73 Å². The van der Waals surface area contributed by atoms with E-state index < -0.39 is 23.8 Å². The van der Waals surface area contributed by atoms with Gasteiger partial charge in [-0.15, -0.1) is 0 Å². The molecule has 4 N–H and O–H groups in total. The summed E-state index contributed by atoms with van der Waals surface area (Å²) in [6.07, 6.45) is -0.919. The Morgan fingerprint density at radius 2 is 2.22 bits per heavy atom. The van der Waals surface area contributed by atoms with Gasteiger partial charge in [-0.25, -0.2) is 9.18 Å². The first-order valence-corrected chi connectivity index (χ1v) is 5.06. The quantitative estimate of drug-likeness (QED) is 0.709. The summed E-state index contributed by atoms with van der Waals surface area (Å²) >= 11 is 0. The molecule has 1 amide bonds. The summed E-state index contributed by atoms with van der Waals surface area (Å²) in [5.41, 5.74) is 4.92. The van der Waals surface area contributed by atoms with Crippen molar-refractivity contribution >= 4 is 17.6 Å². The first-order chi connectivity index (χ1) is 8.49. The van der Waals surface area contributed by atoms with Crippen LogP contribution >= 0.6 is 0 Å². The van der Waals surface area contributed by atoms with Gasteiger partial charge in [0.25, 0.3) is 5.91 Å². The molecular formula is C11H13FN2O4. The predicted octanol–water partition coefficient (Wildman–Crippen LogP) is 0.436. The minimum absolute atomic E-state index is 0.0669. The highest BCUT2D eigenvalue weighted by molar-refractivity contribution is 5.96. The average Bonchev–Trinajstić information content (AvgIpc) is 2.33. The van der Waals surface area contributed by atoms with E-state index in [0.29, 0.717) is 0 Å². The van der Waals surface area contributed by atoms with Gasteiger partial charge < -0.3 is 20.9 Å². The van der Waals surface area contributed by atoms with Crippen LogP contribution in [0.1, 0.15) is 10.4 Å². The number of hydrogen-bond acceptors (Lipinski definition) is 4. The lowest BCUT2D eigenvalue weighted by Gasteiger charge is -2.13. The van der Waals surface area contributed by atoms with E-state index in [-0.39, 0.29) is 17.8 Å². The second-order valence-electron chi connectivity index (χ2n) is 3.45. The van der Waals surface area contributed by atoms with Gasteiger partial charge >= 0.3 is 5.97 Å². The van der Waals surface area contributed by atoms with Crippen molar-refractivity contribution in [1.29, 1.82) is 0 Å².